The second-order valence-corrected chi connectivity index (χ2v) is 4.57. The van der Waals surface area contributed by atoms with Crippen LogP contribution in [0.1, 0.15) is 24.8 Å². The van der Waals surface area contributed by atoms with Crippen molar-refractivity contribution in [3.8, 4) is 6.07 Å². The molecule has 1 amide bonds. The molecule has 4 nitrogen and oxygen atoms in total. The Morgan fingerprint density at radius 1 is 1.50 bits per heavy atom. The van der Waals surface area contributed by atoms with Crippen LogP contribution in [0.3, 0.4) is 0 Å². The predicted octanol–water partition coefficient (Wildman–Crippen LogP) is 1.76. The molecule has 1 aliphatic carbocycles. The van der Waals surface area contributed by atoms with Crippen molar-refractivity contribution in [3.05, 3.63) is 29.6 Å². The number of rotatable bonds is 2. The Balaban J connectivity index is 2.06. The van der Waals surface area contributed by atoms with Gasteiger partial charge in [-0.15, -0.1) is 0 Å². The lowest BCUT2D eigenvalue weighted by molar-refractivity contribution is -0.119. The number of amides is 1. The summed E-state index contributed by atoms with van der Waals surface area (Å²) in [7, 11) is 0. The van der Waals surface area contributed by atoms with E-state index in [0.717, 1.165) is 18.9 Å². The molecule has 0 aliphatic heterocycles. The van der Waals surface area contributed by atoms with E-state index in [1.807, 2.05) is 6.07 Å². The van der Waals surface area contributed by atoms with Gasteiger partial charge in [0.25, 0.3) is 0 Å². The molecular formula is C13H14FN3O. The quantitative estimate of drug-likeness (QED) is 0.835. The predicted molar refractivity (Wildman–Crippen MR) is 65.1 cm³/mol. The molecule has 1 aliphatic rings. The number of carbonyl (C=O) groups excluding carboxylic acids is 1. The Morgan fingerprint density at radius 2 is 2.28 bits per heavy atom. The van der Waals surface area contributed by atoms with E-state index >= 15 is 0 Å². The maximum absolute atomic E-state index is 13.6. The summed E-state index contributed by atoms with van der Waals surface area (Å²) in [4.78, 5) is 11.9. The van der Waals surface area contributed by atoms with Crippen molar-refractivity contribution in [2.75, 3.05) is 5.32 Å². The number of hydrogen-bond acceptors (Lipinski definition) is 3. The summed E-state index contributed by atoms with van der Waals surface area (Å²) in [6, 6.07) is 5.88. The third-order valence-electron chi connectivity index (χ3n) is 3.20. The zero-order valence-corrected chi connectivity index (χ0v) is 9.82. The number of nitrogens with two attached hydrogens (primary N) is 1. The van der Waals surface area contributed by atoms with Gasteiger partial charge in [-0.1, -0.05) is 0 Å². The Morgan fingerprint density at radius 3 is 2.83 bits per heavy atom. The van der Waals surface area contributed by atoms with E-state index < -0.39 is 5.82 Å². The number of nitrogens with one attached hydrogen (secondary N) is 1. The van der Waals surface area contributed by atoms with Crippen molar-refractivity contribution in [2.45, 2.75) is 25.3 Å². The summed E-state index contributed by atoms with van der Waals surface area (Å²) in [5.41, 5.74) is 6.07. The molecule has 2 unspecified atom stereocenters. The minimum absolute atomic E-state index is 0.0616. The number of halogens is 1. The van der Waals surface area contributed by atoms with Gasteiger partial charge in [-0.25, -0.2) is 4.39 Å². The summed E-state index contributed by atoms with van der Waals surface area (Å²) >= 11 is 0. The number of nitriles is 1. The van der Waals surface area contributed by atoms with Gasteiger partial charge in [0, 0.05) is 12.0 Å². The Kier molecular flexibility index (Phi) is 3.58. The van der Waals surface area contributed by atoms with Crippen LogP contribution in [0.4, 0.5) is 10.1 Å². The summed E-state index contributed by atoms with van der Waals surface area (Å²) in [5, 5.41) is 11.2. The van der Waals surface area contributed by atoms with Gasteiger partial charge >= 0.3 is 0 Å². The van der Waals surface area contributed by atoms with Crippen LogP contribution >= 0.6 is 0 Å². The molecule has 2 rings (SSSR count). The maximum atomic E-state index is 13.6. The highest BCUT2D eigenvalue weighted by Gasteiger charge is 2.28. The van der Waals surface area contributed by atoms with E-state index in [0.29, 0.717) is 6.42 Å². The molecule has 0 saturated heterocycles. The lowest BCUT2D eigenvalue weighted by Gasteiger charge is -2.11. The Labute approximate surface area is 105 Å². The van der Waals surface area contributed by atoms with Crippen LogP contribution in [0.15, 0.2) is 18.2 Å². The average molecular weight is 247 g/mol. The van der Waals surface area contributed by atoms with E-state index in [2.05, 4.69) is 5.32 Å². The molecule has 0 bridgehead atoms. The average Bonchev–Trinajstić information content (AvgIpc) is 2.78. The van der Waals surface area contributed by atoms with Gasteiger partial charge in [-0.3, -0.25) is 4.79 Å². The van der Waals surface area contributed by atoms with Gasteiger partial charge < -0.3 is 11.1 Å². The van der Waals surface area contributed by atoms with Gasteiger partial charge in [0.1, 0.15) is 5.82 Å². The molecule has 1 saturated carbocycles. The first-order valence-electron chi connectivity index (χ1n) is 5.86. The molecule has 18 heavy (non-hydrogen) atoms. The number of hydrogen-bond donors (Lipinski definition) is 2. The van der Waals surface area contributed by atoms with Gasteiger partial charge in [0.15, 0.2) is 0 Å². The molecule has 2 atom stereocenters. The van der Waals surface area contributed by atoms with Crippen LogP contribution in [0.2, 0.25) is 0 Å². The molecule has 5 heteroatoms. The highest BCUT2D eigenvalue weighted by atomic mass is 19.1. The topological polar surface area (TPSA) is 78.9 Å². The highest BCUT2D eigenvalue weighted by molar-refractivity contribution is 5.92. The van der Waals surface area contributed by atoms with Crippen LogP contribution in [0.25, 0.3) is 0 Å². The largest absolute Gasteiger partial charge is 0.328 e. The van der Waals surface area contributed by atoms with E-state index in [1.54, 1.807) is 0 Å². The number of anilines is 1. The number of benzene rings is 1. The minimum atomic E-state index is -0.593. The Bertz CT molecular complexity index is 509. The molecule has 0 spiro atoms. The molecule has 0 heterocycles. The third-order valence-corrected chi connectivity index (χ3v) is 3.20. The van der Waals surface area contributed by atoms with Crippen LogP contribution in [-0.2, 0) is 4.79 Å². The first-order valence-corrected chi connectivity index (χ1v) is 5.86. The zero-order valence-electron chi connectivity index (χ0n) is 9.82. The van der Waals surface area contributed by atoms with Crippen molar-refractivity contribution in [1.82, 2.24) is 0 Å². The maximum Gasteiger partial charge on any atom is 0.227 e. The van der Waals surface area contributed by atoms with Gasteiger partial charge in [0.2, 0.25) is 5.91 Å². The minimum Gasteiger partial charge on any atom is -0.328 e. The zero-order chi connectivity index (χ0) is 13.1. The monoisotopic (exact) mass is 247 g/mol. The lowest BCUT2D eigenvalue weighted by atomic mass is 10.1. The third kappa shape index (κ3) is 2.66. The second-order valence-electron chi connectivity index (χ2n) is 4.57. The molecule has 3 N–H and O–H groups in total. The lowest BCUT2D eigenvalue weighted by Crippen LogP contribution is -2.23. The molecule has 0 radical (unpaired) electrons. The van der Waals surface area contributed by atoms with E-state index in [-0.39, 0.29) is 29.1 Å². The first-order chi connectivity index (χ1) is 8.60. The summed E-state index contributed by atoms with van der Waals surface area (Å²) < 4.78 is 13.6. The van der Waals surface area contributed by atoms with Gasteiger partial charge in [0.05, 0.1) is 17.3 Å². The molecule has 94 valence electrons. The fourth-order valence-electron chi connectivity index (χ4n) is 2.18. The summed E-state index contributed by atoms with van der Waals surface area (Å²) in [5.74, 6) is -0.939. The van der Waals surface area contributed by atoms with Crippen molar-refractivity contribution < 1.29 is 9.18 Å². The van der Waals surface area contributed by atoms with Crippen molar-refractivity contribution in [3.63, 3.8) is 0 Å². The van der Waals surface area contributed by atoms with E-state index in [4.69, 9.17) is 11.0 Å². The summed E-state index contributed by atoms with van der Waals surface area (Å²) in [6.07, 6.45) is 2.21. The second kappa shape index (κ2) is 5.15. The van der Waals surface area contributed by atoms with Crippen LogP contribution in [0, 0.1) is 23.1 Å². The normalized spacial score (nSPS) is 22.5. The van der Waals surface area contributed by atoms with Gasteiger partial charge in [-0.05, 0) is 37.5 Å². The number of nitrogens with zero attached hydrogens (tertiary/aromatic N) is 1. The van der Waals surface area contributed by atoms with Crippen LogP contribution in [0.5, 0.6) is 0 Å². The molecular weight excluding hydrogens is 233 g/mol. The van der Waals surface area contributed by atoms with Crippen molar-refractivity contribution in [2.24, 2.45) is 11.7 Å². The molecule has 1 fully saturated rings. The Hall–Kier alpha value is -1.93. The highest BCUT2D eigenvalue weighted by Crippen LogP contribution is 2.26. The standard InChI is InChI=1S/C13H14FN3O/c14-11-5-8(7-15)1-4-12(11)17-13(18)9-2-3-10(16)6-9/h1,4-5,9-10H,2-3,6,16H2,(H,17,18). The molecule has 1 aromatic carbocycles. The number of carbonyl (C=O) groups is 1. The van der Waals surface area contributed by atoms with E-state index in [1.165, 1.54) is 12.1 Å². The fraction of sp³-hybridized carbons (Fsp3) is 0.385. The summed E-state index contributed by atoms with van der Waals surface area (Å²) in [6.45, 7) is 0. The van der Waals surface area contributed by atoms with Crippen LogP contribution < -0.4 is 11.1 Å². The van der Waals surface area contributed by atoms with Crippen molar-refractivity contribution in [1.29, 1.82) is 5.26 Å². The van der Waals surface area contributed by atoms with E-state index in [9.17, 15) is 9.18 Å². The van der Waals surface area contributed by atoms with Gasteiger partial charge in [-0.2, -0.15) is 5.26 Å². The fourth-order valence-corrected chi connectivity index (χ4v) is 2.18. The smallest absolute Gasteiger partial charge is 0.227 e. The molecule has 1 aromatic rings. The SMILES string of the molecule is N#Cc1ccc(NC(=O)C2CCC(N)C2)c(F)c1. The molecule has 0 aromatic heterocycles. The van der Waals surface area contributed by atoms with Crippen molar-refractivity contribution >= 4 is 11.6 Å². The van der Waals surface area contributed by atoms with Crippen LogP contribution in [-0.4, -0.2) is 11.9 Å². The first kappa shape index (κ1) is 12.5.